The van der Waals surface area contributed by atoms with E-state index >= 15 is 0 Å². The topological polar surface area (TPSA) is 17.1 Å². The minimum atomic E-state index is -0.824. The fourth-order valence-electron chi connectivity index (χ4n) is 0.597. The van der Waals surface area contributed by atoms with E-state index in [1.807, 2.05) is 0 Å². The fourth-order valence-corrected chi connectivity index (χ4v) is 0.597. The second-order valence-corrected chi connectivity index (χ2v) is 1.78. The summed E-state index contributed by atoms with van der Waals surface area (Å²) < 4.78 is 24.5. The van der Waals surface area contributed by atoms with Crippen LogP contribution in [0.2, 0.25) is 0 Å². The minimum Gasteiger partial charge on any atom is -0.298 e. The number of aldehydes is 1. The third-order valence-electron chi connectivity index (χ3n) is 1.09. The van der Waals surface area contributed by atoms with Crippen molar-refractivity contribution in [3.05, 3.63) is 35.4 Å². The highest BCUT2D eigenvalue weighted by Gasteiger charge is 2.00. The van der Waals surface area contributed by atoms with Gasteiger partial charge in [0.2, 0.25) is 0 Å². The molecule has 0 spiro atoms. The molecule has 0 saturated heterocycles. The van der Waals surface area contributed by atoms with Gasteiger partial charge in [0.05, 0.1) is 5.56 Å². The second-order valence-electron chi connectivity index (χ2n) is 1.78. The molecule has 11 heavy (non-hydrogen) atoms. The SMILES string of the molecule is Cl.O=Cc1ccc(F)cc1F. The Morgan fingerprint density at radius 2 is 1.91 bits per heavy atom. The Hall–Kier alpha value is -0.960. The van der Waals surface area contributed by atoms with Crippen LogP contribution >= 0.6 is 12.4 Å². The first-order valence-electron chi connectivity index (χ1n) is 2.64. The zero-order valence-electron chi connectivity index (χ0n) is 5.38. The van der Waals surface area contributed by atoms with Crippen LogP contribution in [0.5, 0.6) is 0 Å². The van der Waals surface area contributed by atoms with Gasteiger partial charge in [-0.05, 0) is 12.1 Å². The number of carbonyl (C=O) groups excluding carboxylic acids is 1. The van der Waals surface area contributed by atoms with E-state index < -0.39 is 11.6 Å². The van der Waals surface area contributed by atoms with E-state index in [1.54, 1.807) is 0 Å². The van der Waals surface area contributed by atoms with Crippen LogP contribution in [0.3, 0.4) is 0 Å². The summed E-state index contributed by atoms with van der Waals surface area (Å²) in [6, 6.07) is 2.80. The summed E-state index contributed by atoms with van der Waals surface area (Å²) in [6.07, 6.45) is 0.342. The van der Waals surface area contributed by atoms with Crippen LogP contribution in [-0.2, 0) is 0 Å². The number of hydrogen-bond donors (Lipinski definition) is 0. The van der Waals surface area contributed by atoms with Gasteiger partial charge < -0.3 is 0 Å². The third kappa shape index (κ3) is 2.27. The van der Waals surface area contributed by atoms with Crippen LogP contribution in [0.4, 0.5) is 8.78 Å². The lowest BCUT2D eigenvalue weighted by Gasteiger charge is -1.91. The van der Waals surface area contributed by atoms with Gasteiger partial charge in [0.15, 0.2) is 6.29 Å². The Labute approximate surface area is 68.4 Å². The number of carbonyl (C=O) groups is 1. The zero-order chi connectivity index (χ0) is 7.56. The molecule has 1 aromatic rings. The van der Waals surface area contributed by atoms with Crippen LogP contribution < -0.4 is 0 Å². The highest BCUT2D eigenvalue weighted by Crippen LogP contribution is 2.06. The molecular weight excluding hydrogens is 174 g/mol. The lowest BCUT2D eigenvalue weighted by atomic mass is 10.2. The molecule has 0 fully saturated rings. The average molecular weight is 179 g/mol. The average Bonchev–Trinajstić information content (AvgIpc) is 1.88. The molecule has 4 heteroatoms. The summed E-state index contributed by atoms with van der Waals surface area (Å²) >= 11 is 0. The van der Waals surface area contributed by atoms with E-state index in [9.17, 15) is 13.6 Å². The van der Waals surface area contributed by atoms with Crippen molar-refractivity contribution in [1.29, 1.82) is 0 Å². The summed E-state index contributed by atoms with van der Waals surface area (Å²) in [6.45, 7) is 0. The van der Waals surface area contributed by atoms with E-state index in [0.717, 1.165) is 12.1 Å². The molecule has 0 unspecified atom stereocenters. The number of hydrogen-bond acceptors (Lipinski definition) is 1. The maximum atomic E-state index is 12.4. The van der Waals surface area contributed by atoms with E-state index in [1.165, 1.54) is 0 Å². The van der Waals surface area contributed by atoms with Crippen molar-refractivity contribution in [1.82, 2.24) is 0 Å². The van der Waals surface area contributed by atoms with Gasteiger partial charge in [-0.15, -0.1) is 12.4 Å². The van der Waals surface area contributed by atoms with Crippen molar-refractivity contribution in [2.24, 2.45) is 0 Å². The molecule has 0 heterocycles. The predicted octanol–water partition coefficient (Wildman–Crippen LogP) is 2.20. The fraction of sp³-hybridized carbons (Fsp3) is 0. The highest BCUT2D eigenvalue weighted by atomic mass is 35.5. The van der Waals surface area contributed by atoms with Crippen LogP contribution in [0.1, 0.15) is 10.4 Å². The van der Waals surface area contributed by atoms with Crippen LogP contribution in [0, 0.1) is 11.6 Å². The van der Waals surface area contributed by atoms with Gasteiger partial charge in [-0.1, -0.05) is 0 Å². The zero-order valence-corrected chi connectivity index (χ0v) is 6.20. The van der Waals surface area contributed by atoms with Crippen molar-refractivity contribution < 1.29 is 13.6 Å². The highest BCUT2D eigenvalue weighted by molar-refractivity contribution is 5.85. The lowest BCUT2D eigenvalue weighted by Crippen LogP contribution is -1.87. The maximum Gasteiger partial charge on any atom is 0.152 e. The Kier molecular flexibility index (Phi) is 3.68. The Bertz CT molecular complexity index is 263. The molecule has 0 radical (unpaired) electrons. The van der Waals surface area contributed by atoms with Crippen molar-refractivity contribution in [3.63, 3.8) is 0 Å². The lowest BCUT2D eigenvalue weighted by molar-refractivity contribution is 0.112. The normalized spacial score (nSPS) is 8.55. The molecular formula is C7H5ClF2O. The molecule has 0 aliphatic carbocycles. The Morgan fingerprint density at radius 3 is 2.36 bits per heavy atom. The van der Waals surface area contributed by atoms with Crippen LogP contribution in [0.25, 0.3) is 0 Å². The minimum absolute atomic E-state index is 0. The first kappa shape index (κ1) is 10.0. The molecule has 0 bridgehead atoms. The first-order chi connectivity index (χ1) is 4.74. The Balaban J connectivity index is 0.000001000. The molecule has 0 atom stereocenters. The molecule has 1 nitrogen and oxygen atoms in total. The molecule has 0 aliphatic heterocycles. The van der Waals surface area contributed by atoms with Crippen LogP contribution in [0.15, 0.2) is 18.2 Å². The van der Waals surface area contributed by atoms with Gasteiger partial charge in [0.1, 0.15) is 11.6 Å². The molecule has 60 valence electrons. The summed E-state index contributed by atoms with van der Waals surface area (Å²) in [5.41, 5.74) is -0.124. The largest absolute Gasteiger partial charge is 0.298 e. The van der Waals surface area contributed by atoms with E-state index in [-0.39, 0.29) is 18.0 Å². The predicted molar refractivity (Wildman–Crippen MR) is 39.0 cm³/mol. The molecule has 0 aromatic heterocycles. The summed E-state index contributed by atoms with van der Waals surface area (Å²) in [7, 11) is 0. The van der Waals surface area contributed by atoms with Crippen molar-refractivity contribution in [2.45, 2.75) is 0 Å². The smallest absolute Gasteiger partial charge is 0.152 e. The summed E-state index contributed by atoms with van der Waals surface area (Å²) in [4.78, 5) is 9.98. The molecule has 0 N–H and O–H groups in total. The van der Waals surface area contributed by atoms with E-state index in [4.69, 9.17) is 0 Å². The van der Waals surface area contributed by atoms with Gasteiger partial charge in [-0.25, -0.2) is 8.78 Å². The summed E-state index contributed by atoms with van der Waals surface area (Å²) in [5.74, 6) is -1.50. The molecule has 1 rings (SSSR count). The van der Waals surface area contributed by atoms with Crippen molar-refractivity contribution in [2.75, 3.05) is 0 Å². The maximum absolute atomic E-state index is 12.4. The number of benzene rings is 1. The monoisotopic (exact) mass is 178 g/mol. The van der Waals surface area contributed by atoms with E-state index in [0.29, 0.717) is 12.4 Å². The second kappa shape index (κ2) is 4.03. The van der Waals surface area contributed by atoms with Gasteiger partial charge in [-0.3, -0.25) is 4.79 Å². The first-order valence-corrected chi connectivity index (χ1v) is 2.64. The van der Waals surface area contributed by atoms with Crippen molar-refractivity contribution >= 4 is 18.7 Å². The molecule has 0 saturated carbocycles. The number of rotatable bonds is 1. The number of halogens is 3. The van der Waals surface area contributed by atoms with Gasteiger partial charge in [-0.2, -0.15) is 0 Å². The molecule has 0 aliphatic rings. The van der Waals surface area contributed by atoms with Crippen molar-refractivity contribution in [3.8, 4) is 0 Å². The third-order valence-corrected chi connectivity index (χ3v) is 1.09. The quantitative estimate of drug-likeness (QED) is 0.603. The van der Waals surface area contributed by atoms with Crippen LogP contribution in [-0.4, -0.2) is 6.29 Å². The summed E-state index contributed by atoms with van der Waals surface area (Å²) in [5, 5.41) is 0. The van der Waals surface area contributed by atoms with Gasteiger partial charge >= 0.3 is 0 Å². The Morgan fingerprint density at radius 1 is 1.27 bits per heavy atom. The van der Waals surface area contributed by atoms with Gasteiger partial charge in [0.25, 0.3) is 0 Å². The van der Waals surface area contributed by atoms with E-state index in [2.05, 4.69) is 0 Å². The van der Waals surface area contributed by atoms with Gasteiger partial charge in [0, 0.05) is 6.07 Å². The standard InChI is InChI=1S/C7H4F2O.ClH/c8-6-2-1-5(4-10)7(9)3-6;/h1-4H;1H. The molecule has 0 amide bonds. The molecule has 1 aromatic carbocycles.